The van der Waals surface area contributed by atoms with E-state index < -0.39 is 0 Å². The Hall–Kier alpha value is -1.10. The fourth-order valence-electron chi connectivity index (χ4n) is 1.62. The van der Waals surface area contributed by atoms with Gasteiger partial charge >= 0.3 is 0 Å². The third-order valence-electron chi connectivity index (χ3n) is 2.39. The molecule has 0 saturated heterocycles. The van der Waals surface area contributed by atoms with Gasteiger partial charge in [-0.25, -0.2) is 0 Å². The molecule has 0 fully saturated rings. The van der Waals surface area contributed by atoms with Crippen LogP contribution in [-0.2, 0) is 4.79 Å². The van der Waals surface area contributed by atoms with Gasteiger partial charge < -0.3 is 16.8 Å². The van der Waals surface area contributed by atoms with Crippen LogP contribution in [0, 0.1) is 5.92 Å². The molecule has 1 atom stereocenters. The average Bonchev–Trinajstić information content (AvgIpc) is 2.20. The van der Waals surface area contributed by atoms with Crippen molar-refractivity contribution in [2.45, 2.75) is 52.6 Å². The van der Waals surface area contributed by atoms with Crippen LogP contribution in [0.3, 0.4) is 0 Å². The number of hydrogen-bond acceptors (Lipinski definition) is 3. The number of rotatable bonds is 8. The molecule has 5 heteroatoms. The maximum absolute atomic E-state index is 12.0. The van der Waals surface area contributed by atoms with Crippen molar-refractivity contribution in [2.75, 3.05) is 6.54 Å². The number of hydrogen-bond donors (Lipinski definition) is 3. The maximum Gasteiger partial charge on any atom is 0.185 e. The molecule has 5 N–H and O–H groups in total. The van der Waals surface area contributed by atoms with Crippen LogP contribution in [0.2, 0.25) is 0 Å². The number of Topliss-reactive ketones (excluding diaryl/α,β-unsaturated/α-hetero) is 1. The second kappa shape index (κ2) is 8.06. The van der Waals surface area contributed by atoms with Crippen LogP contribution in [0.4, 0.5) is 0 Å². The highest BCUT2D eigenvalue weighted by molar-refractivity contribution is 5.85. The van der Waals surface area contributed by atoms with Crippen molar-refractivity contribution < 1.29 is 4.79 Å². The molecule has 0 aromatic rings. The number of nitrogens with zero attached hydrogens (tertiary/aromatic N) is 1. The molecule has 0 bridgehead atoms. The van der Waals surface area contributed by atoms with Crippen molar-refractivity contribution in [1.29, 1.82) is 0 Å². The van der Waals surface area contributed by atoms with Crippen molar-refractivity contribution >= 4 is 11.7 Å². The molecule has 0 aromatic carbocycles. The summed E-state index contributed by atoms with van der Waals surface area (Å²) < 4.78 is 0. The lowest BCUT2D eigenvalue weighted by molar-refractivity contribution is -0.124. The molecule has 0 heterocycles. The van der Waals surface area contributed by atoms with Gasteiger partial charge in [0.2, 0.25) is 0 Å². The number of nitrogens with two attached hydrogens (primary N) is 2. The molecule has 0 aliphatic carbocycles. The van der Waals surface area contributed by atoms with Gasteiger partial charge in [0.15, 0.2) is 11.7 Å². The Morgan fingerprint density at radius 1 is 1.24 bits per heavy atom. The second-order valence-corrected chi connectivity index (χ2v) is 4.88. The minimum atomic E-state index is -0.0933. The topological polar surface area (TPSA) is 93.5 Å². The summed E-state index contributed by atoms with van der Waals surface area (Å²) in [6.45, 7) is 8.50. The van der Waals surface area contributed by atoms with Crippen LogP contribution >= 0.6 is 0 Å². The Kier molecular flexibility index (Phi) is 7.54. The van der Waals surface area contributed by atoms with E-state index >= 15 is 0 Å². The molecular weight excluding hydrogens is 216 g/mol. The summed E-state index contributed by atoms with van der Waals surface area (Å²) in [6, 6.07) is 0.204. The molecular formula is C12H26N4O. The first-order valence-electron chi connectivity index (χ1n) is 6.19. The van der Waals surface area contributed by atoms with Crippen molar-refractivity contribution in [3.8, 4) is 0 Å². The largest absolute Gasteiger partial charge is 0.370 e. The molecule has 0 aliphatic rings. The summed E-state index contributed by atoms with van der Waals surface area (Å²) in [5, 5.41) is 3.29. The maximum atomic E-state index is 12.0. The van der Waals surface area contributed by atoms with Crippen LogP contribution in [0.25, 0.3) is 0 Å². The predicted octanol–water partition coefficient (Wildman–Crippen LogP) is 0.632. The van der Waals surface area contributed by atoms with E-state index in [-0.39, 0.29) is 23.7 Å². The summed E-state index contributed by atoms with van der Waals surface area (Å²) in [5.41, 5.74) is 10.5. The van der Waals surface area contributed by atoms with Crippen LogP contribution < -0.4 is 16.8 Å². The van der Waals surface area contributed by atoms with E-state index in [4.69, 9.17) is 11.5 Å². The fraction of sp³-hybridized carbons (Fsp3) is 0.833. The number of ketones is 1. The predicted molar refractivity (Wildman–Crippen MR) is 71.8 cm³/mol. The summed E-state index contributed by atoms with van der Waals surface area (Å²) >= 11 is 0. The average molecular weight is 242 g/mol. The van der Waals surface area contributed by atoms with E-state index in [1.165, 1.54) is 0 Å². The molecule has 0 amide bonds. The Bertz CT molecular complexity index is 257. The SMILES string of the molecule is CC(C)N[C@H](CCCN=C(N)N)C(=O)C(C)C. The quantitative estimate of drug-likeness (QED) is 0.330. The smallest absolute Gasteiger partial charge is 0.185 e. The lowest BCUT2D eigenvalue weighted by Crippen LogP contribution is -2.42. The third-order valence-corrected chi connectivity index (χ3v) is 2.39. The van der Waals surface area contributed by atoms with Crippen molar-refractivity contribution in [3.63, 3.8) is 0 Å². The number of guanidine groups is 1. The van der Waals surface area contributed by atoms with E-state index in [0.29, 0.717) is 12.6 Å². The fourth-order valence-corrected chi connectivity index (χ4v) is 1.62. The molecule has 0 aliphatic heterocycles. The lowest BCUT2D eigenvalue weighted by atomic mass is 9.97. The van der Waals surface area contributed by atoms with E-state index in [9.17, 15) is 4.79 Å². The van der Waals surface area contributed by atoms with Gasteiger partial charge in [-0.3, -0.25) is 9.79 Å². The highest BCUT2D eigenvalue weighted by atomic mass is 16.1. The zero-order valence-electron chi connectivity index (χ0n) is 11.4. The Balaban J connectivity index is 4.20. The molecule has 0 saturated carbocycles. The summed E-state index contributed by atoms with van der Waals surface area (Å²) in [7, 11) is 0. The number of carbonyl (C=O) groups excluding carboxylic acids is 1. The minimum Gasteiger partial charge on any atom is -0.370 e. The van der Waals surface area contributed by atoms with Gasteiger partial charge in [-0.05, 0) is 12.8 Å². The van der Waals surface area contributed by atoms with Gasteiger partial charge in [0.25, 0.3) is 0 Å². The van der Waals surface area contributed by atoms with Gasteiger partial charge in [-0.1, -0.05) is 27.7 Å². The Morgan fingerprint density at radius 3 is 2.24 bits per heavy atom. The standard InChI is InChI=1S/C12H26N4O/c1-8(2)11(17)10(16-9(3)4)6-5-7-15-12(13)14/h8-10,16H,5-7H2,1-4H3,(H4,13,14,15)/t10-/m1/s1. The molecule has 100 valence electrons. The van der Waals surface area contributed by atoms with Gasteiger partial charge in [0, 0.05) is 18.5 Å². The normalized spacial score (nSPS) is 12.8. The van der Waals surface area contributed by atoms with Gasteiger partial charge in [-0.2, -0.15) is 0 Å². The number of nitrogens with one attached hydrogen (secondary N) is 1. The molecule has 5 nitrogen and oxygen atoms in total. The van der Waals surface area contributed by atoms with Crippen molar-refractivity contribution in [3.05, 3.63) is 0 Å². The number of carbonyl (C=O) groups is 1. The van der Waals surface area contributed by atoms with E-state index in [2.05, 4.69) is 10.3 Å². The van der Waals surface area contributed by atoms with E-state index in [1.807, 2.05) is 27.7 Å². The molecule has 17 heavy (non-hydrogen) atoms. The van der Waals surface area contributed by atoms with Crippen molar-refractivity contribution in [2.24, 2.45) is 22.4 Å². The van der Waals surface area contributed by atoms with Gasteiger partial charge in [0.05, 0.1) is 6.04 Å². The second-order valence-electron chi connectivity index (χ2n) is 4.88. The Labute approximate surface area is 104 Å². The van der Waals surface area contributed by atoms with E-state index in [1.54, 1.807) is 0 Å². The lowest BCUT2D eigenvalue weighted by Gasteiger charge is -2.21. The molecule has 0 aromatic heterocycles. The van der Waals surface area contributed by atoms with Crippen LogP contribution in [0.5, 0.6) is 0 Å². The highest BCUT2D eigenvalue weighted by Crippen LogP contribution is 2.07. The third kappa shape index (κ3) is 7.74. The number of aliphatic imine (C=N–C) groups is 1. The van der Waals surface area contributed by atoms with Crippen molar-refractivity contribution in [1.82, 2.24) is 5.32 Å². The summed E-state index contributed by atoms with van der Waals surface area (Å²) in [6.07, 6.45) is 1.58. The summed E-state index contributed by atoms with van der Waals surface area (Å²) in [4.78, 5) is 15.9. The van der Waals surface area contributed by atoms with Gasteiger partial charge in [0.1, 0.15) is 0 Å². The van der Waals surface area contributed by atoms with E-state index in [0.717, 1.165) is 12.8 Å². The van der Waals surface area contributed by atoms with Crippen LogP contribution in [0.15, 0.2) is 4.99 Å². The first-order valence-corrected chi connectivity index (χ1v) is 6.19. The van der Waals surface area contributed by atoms with Crippen LogP contribution in [-0.4, -0.2) is 30.4 Å². The molecule has 0 unspecified atom stereocenters. The minimum absolute atomic E-state index is 0.0503. The summed E-state index contributed by atoms with van der Waals surface area (Å²) in [5.74, 6) is 0.409. The zero-order valence-corrected chi connectivity index (χ0v) is 11.4. The monoisotopic (exact) mass is 242 g/mol. The first kappa shape index (κ1) is 15.9. The molecule has 0 spiro atoms. The zero-order chi connectivity index (χ0) is 13.4. The molecule has 0 radical (unpaired) electrons. The Morgan fingerprint density at radius 2 is 1.82 bits per heavy atom. The van der Waals surface area contributed by atoms with Gasteiger partial charge in [-0.15, -0.1) is 0 Å². The van der Waals surface area contributed by atoms with Crippen LogP contribution in [0.1, 0.15) is 40.5 Å². The molecule has 0 rings (SSSR count). The first-order chi connectivity index (χ1) is 7.84. The highest BCUT2D eigenvalue weighted by Gasteiger charge is 2.20.